The molecule has 3 aliphatic rings. The number of aliphatic hydroxyl groups is 2. The number of aliphatic hydroxyl groups excluding tert-OH is 1. The number of amides is 4. The van der Waals surface area contributed by atoms with Crippen LogP contribution in [0.1, 0.15) is 134 Å². The predicted octanol–water partition coefficient (Wildman–Crippen LogP) is 8.02. The van der Waals surface area contributed by atoms with Gasteiger partial charge in [0.1, 0.15) is 23.1 Å². The second-order valence-corrected chi connectivity index (χ2v) is 23.9. The summed E-state index contributed by atoms with van der Waals surface area (Å²) in [6.45, 7) is 18.3. The normalized spacial score (nSPS) is 18.9. The molecular formula is C61H78N12O7S. The van der Waals surface area contributed by atoms with Gasteiger partial charge in [-0.25, -0.2) is 24.3 Å². The van der Waals surface area contributed by atoms with E-state index in [1.54, 1.807) is 22.1 Å². The van der Waals surface area contributed by atoms with Gasteiger partial charge < -0.3 is 40.9 Å². The van der Waals surface area contributed by atoms with E-state index in [0.29, 0.717) is 80.4 Å². The molecule has 0 saturated carbocycles. The van der Waals surface area contributed by atoms with Crippen molar-refractivity contribution in [3.8, 4) is 16.3 Å². The Morgan fingerprint density at radius 3 is 2.27 bits per heavy atom. The highest BCUT2D eigenvalue weighted by molar-refractivity contribution is 7.13. The maximum atomic E-state index is 14.2. The molecule has 2 fully saturated rings. The number of β-amino-alcohol motifs (C(OH)–C–C–N with tert-alkyl or cyclic N) is 1. The quantitative estimate of drug-likeness (QED) is 0.0321. The van der Waals surface area contributed by atoms with Gasteiger partial charge >= 0.3 is 0 Å². The van der Waals surface area contributed by atoms with Crippen molar-refractivity contribution in [3.63, 3.8) is 0 Å². The molecule has 0 spiro atoms. The van der Waals surface area contributed by atoms with Crippen molar-refractivity contribution >= 4 is 63.3 Å². The minimum atomic E-state index is -1.02. The molecular weight excluding hydrogens is 1040 g/mol. The lowest BCUT2D eigenvalue weighted by molar-refractivity contribution is -0.144. The van der Waals surface area contributed by atoms with E-state index < -0.39 is 29.2 Å². The van der Waals surface area contributed by atoms with E-state index in [2.05, 4.69) is 37.4 Å². The lowest BCUT2D eigenvalue weighted by Gasteiger charge is -2.36. The molecule has 19 nitrogen and oxygen atoms in total. The summed E-state index contributed by atoms with van der Waals surface area (Å²) in [6, 6.07) is 17.7. The highest BCUT2D eigenvalue weighted by atomic mass is 32.1. The number of aromatic nitrogens is 6. The van der Waals surface area contributed by atoms with Crippen molar-refractivity contribution in [2.45, 2.75) is 155 Å². The molecule has 2 saturated heterocycles. The number of thiazole rings is 1. The highest BCUT2D eigenvalue weighted by Crippen LogP contribution is 2.39. The zero-order valence-corrected chi connectivity index (χ0v) is 48.4. The smallest absolute Gasteiger partial charge is 0.278 e. The molecule has 0 unspecified atom stereocenters. The number of carbonyl (C=O) groups is 4. The van der Waals surface area contributed by atoms with Crippen molar-refractivity contribution in [1.29, 1.82) is 0 Å². The Hall–Kier alpha value is -7.29. The molecule has 6 aromatic rings. The van der Waals surface area contributed by atoms with E-state index in [4.69, 9.17) is 9.97 Å². The number of anilines is 3. The Morgan fingerprint density at radius 2 is 1.60 bits per heavy atom. The highest BCUT2D eigenvalue weighted by Gasteiger charge is 2.45. The van der Waals surface area contributed by atoms with Crippen molar-refractivity contribution in [3.05, 3.63) is 118 Å². The van der Waals surface area contributed by atoms with Gasteiger partial charge in [0.2, 0.25) is 29.6 Å². The first kappa shape index (κ1) is 58.4. The van der Waals surface area contributed by atoms with E-state index in [9.17, 15) is 34.2 Å². The lowest BCUT2D eigenvalue weighted by Crippen LogP contribution is -2.57. The molecule has 81 heavy (non-hydrogen) atoms. The van der Waals surface area contributed by atoms with Gasteiger partial charge in [0.25, 0.3) is 5.56 Å². The monoisotopic (exact) mass is 1120 g/mol. The van der Waals surface area contributed by atoms with Gasteiger partial charge in [-0.05, 0) is 98.4 Å². The summed E-state index contributed by atoms with van der Waals surface area (Å²) < 4.78 is 3.20. The summed E-state index contributed by atoms with van der Waals surface area (Å²) in [5.41, 5.74) is 6.66. The molecule has 9 rings (SSSR count). The number of pyridine rings is 1. The van der Waals surface area contributed by atoms with E-state index in [-0.39, 0.29) is 61.2 Å². The second kappa shape index (κ2) is 25.2. The Bertz CT molecular complexity index is 3290. The standard InChI is InChI=1S/C61H78N12O7S/c1-8-30-72-57(78)47-36-62-59(68-55(47)73(72)49-27-22-43-28-29-61(80,9-2)53(43)66-49)65-44-23-25-45(26-24-44)69-31-33-70(34-32-69)51(76)17-15-13-11-10-12-14-16-50(75)67-54(60(5,6)7)58(79)71-37-46(74)35-48(71)56(77)64-39(3)41-18-20-42(21-19-41)52-40(4)63-38-81-52/h8,18-27,36,38-39,46,48,54,74,80H,1,9-17,28-35,37H2,2-7H3,(H,64,77)(H,67,75)(H,62,65,68)/t39-,46+,48-,54-,61+/m0/s1. The van der Waals surface area contributed by atoms with Crippen molar-refractivity contribution in [2.75, 3.05) is 42.9 Å². The van der Waals surface area contributed by atoms with E-state index in [1.807, 2.05) is 113 Å². The number of aryl methyl sites for hydroxylation is 2. The third kappa shape index (κ3) is 13.2. The van der Waals surface area contributed by atoms with Crippen LogP contribution in [-0.4, -0.2) is 124 Å². The molecule has 2 aliphatic heterocycles. The first-order valence-electron chi connectivity index (χ1n) is 28.7. The van der Waals surface area contributed by atoms with Gasteiger partial charge in [-0.3, -0.25) is 24.0 Å². The van der Waals surface area contributed by atoms with Gasteiger partial charge in [0.05, 0.1) is 40.5 Å². The van der Waals surface area contributed by atoms with Crippen LogP contribution < -0.4 is 26.4 Å². The van der Waals surface area contributed by atoms with E-state index >= 15 is 0 Å². The zero-order chi connectivity index (χ0) is 57.6. The number of benzene rings is 2. The maximum absolute atomic E-state index is 14.2. The number of nitrogens with one attached hydrogen (secondary N) is 3. The third-order valence-corrected chi connectivity index (χ3v) is 17.2. The Balaban J connectivity index is 0.676. The molecule has 0 bridgehead atoms. The number of nitrogens with zero attached hydrogens (tertiary/aromatic N) is 9. The Morgan fingerprint density at radius 1 is 0.901 bits per heavy atom. The number of hydrogen-bond acceptors (Lipinski definition) is 14. The van der Waals surface area contributed by atoms with Gasteiger partial charge in [0.15, 0.2) is 11.5 Å². The van der Waals surface area contributed by atoms with Gasteiger partial charge in [0, 0.05) is 69.6 Å². The van der Waals surface area contributed by atoms with Gasteiger partial charge in [-0.1, -0.05) is 89.8 Å². The summed E-state index contributed by atoms with van der Waals surface area (Å²) in [4.78, 5) is 93.2. The van der Waals surface area contributed by atoms with Crippen LogP contribution in [0.4, 0.5) is 17.3 Å². The van der Waals surface area contributed by atoms with Crippen LogP contribution in [0, 0.1) is 12.3 Å². The van der Waals surface area contributed by atoms with Crippen LogP contribution in [0.5, 0.6) is 0 Å². The first-order chi connectivity index (χ1) is 38.8. The molecule has 2 aromatic carbocycles. The van der Waals surface area contributed by atoms with Crippen LogP contribution in [0.2, 0.25) is 0 Å². The number of rotatable bonds is 22. The van der Waals surface area contributed by atoms with Crippen molar-refractivity contribution < 1.29 is 29.4 Å². The number of hydrogen-bond donors (Lipinski definition) is 5. The number of fused-ring (bicyclic) bond motifs is 2. The van der Waals surface area contributed by atoms with E-state index in [0.717, 1.165) is 77.2 Å². The van der Waals surface area contributed by atoms with Crippen LogP contribution in [0.3, 0.4) is 0 Å². The first-order valence-corrected chi connectivity index (χ1v) is 29.5. The topological polar surface area (TPSA) is 233 Å². The fourth-order valence-electron chi connectivity index (χ4n) is 11.4. The van der Waals surface area contributed by atoms with Crippen molar-refractivity contribution in [1.82, 2.24) is 49.7 Å². The molecule has 5 N–H and O–H groups in total. The minimum Gasteiger partial charge on any atom is -0.391 e. The summed E-state index contributed by atoms with van der Waals surface area (Å²) >= 11 is 1.58. The Labute approximate surface area is 477 Å². The molecule has 0 radical (unpaired) electrons. The fourth-order valence-corrected chi connectivity index (χ4v) is 12.2. The third-order valence-electron chi connectivity index (χ3n) is 16.2. The van der Waals surface area contributed by atoms with Crippen LogP contribution >= 0.6 is 11.3 Å². The Kier molecular flexibility index (Phi) is 18.2. The molecule has 4 aromatic heterocycles. The summed E-state index contributed by atoms with van der Waals surface area (Å²) in [5, 5.41) is 31.7. The van der Waals surface area contributed by atoms with Crippen LogP contribution in [0.15, 0.2) is 89.8 Å². The summed E-state index contributed by atoms with van der Waals surface area (Å²) in [6.07, 6.45) is 10.2. The van der Waals surface area contributed by atoms with E-state index in [1.165, 1.54) is 15.8 Å². The second-order valence-electron chi connectivity index (χ2n) is 23.0. The molecule has 20 heteroatoms. The van der Waals surface area contributed by atoms with Crippen LogP contribution in [0.25, 0.3) is 27.3 Å². The largest absolute Gasteiger partial charge is 0.391 e. The average Bonchev–Trinajstić information content (AvgIpc) is 4.36. The molecule has 5 atom stereocenters. The number of piperazine rings is 1. The summed E-state index contributed by atoms with van der Waals surface area (Å²) in [5.74, 6) is 0.00611. The van der Waals surface area contributed by atoms with Gasteiger partial charge in [-0.15, -0.1) is 17.9 Å². The SMILES string of the molecule is C=CCn1c(=O)c2cnc(Nc3ccc(N4CCN(C(=O)CCCCCCCCC(=O)N[C@@H](C(=O)N5C[C@H](O)C[C@H]5C(=O)N[C@@H](C)c5ccc(-c6scnc6C)cc5)C(C)(C)C)CC4)cc3)nc2n1-c1ccc2c(n1)[C@@](O)(CC)CC2. The fraction of sp³-hybridized carbons (Fsp3) is 0.492. The molecule has 6 heterocycles. The van der Waals surface area contributed by atoms with Crippen LogP contribution in [-0.2, 0) is 37.7 Å². The number of carbonyl (C=O) groups excluding carboxylic acids is 4. The predicted molar refractivity (Wildman–Crippen MR) is 315 cm³/mol. The number of likely N-dealkylation sites (tertiary alicyclic amines) is 1. The molecule has 4 amide bonds. The average molecular weight is 1120 g/mol. The number of allylic oxidation sites excluding steroid dienone is 1. The molecule has 430 valence electrons. The van der Waals surface area contributed by atoms with Crippen molar-refractivity contribution in [2.24, 2.45) is 5.41 Å². The molecule has 1 aliphatic carbocycles. The maximum Gasteiger partial charge on any atom is 0.278 e. The number of unbranched alkanes of at least 4 members (excludes halogenated alkanes) is 5. The lowest BCUT2D eigenvalue weighted by atomic mass is 9.85. The minimum absolute atomic E-state index is 0.0108. The van der Waals surface area contributed by atoms with Gasteiger partial charge in [-0.2, -0.15) is 4.98 Å². The zero-order valence-electron chi connectivity index (χ0n) is 47.6. The summed E-state index contributed by atoms with van der Waals surface area (Å²) in [7, 11) is 0.